The second-order valence-electron chi connectivity index (χ2n) is 5.45. The Morgan fingerprint density at radius 2 is 2.06 bits per heavy atom. The van der Waals surface area contributed by atoms with Crippen molar-refractivity contribution in [1.82, 2.24) is 4.90 Å². The van der Waals surface area contributed by atoms with E-state index in [-0.39, 0.29) is 5.54 Å². The van der Waals surface area contributed by atoms with Crippen molar-refractivity contribution in [3.63, 3.8) is 0 Å². The number of hydrogen-bond donors (Lipinski definition) is 1. The fourth-order valence-corrected chi connectivity index (χ4v) is 2.76. The predicted molar refractivity (Wildman–Crippen MR) is 68.5 cm³/mol. The lowest BCUT2D eigenvalue weighted by Gasteiger charge is -2.44. The molecule has 0 radical (unpaired) electrons. The second-order valence-corrected chi connectivity index (χ2v) is 5.45. The Morgan fingerprint density at radius 1 is 1.44 bits per heavy atom. The summed E-state index contributed by atoms with van der Waals surface area (Å²) in [5, 5.41) is 0. The van der Waals surface area contributed by atoms with Crippen LogP contribution in [0.5, 0.6) is 0 Å². The fourth-order valence-electron chi connectivity index (χ4n) is 2.76. The number of hydrogen-bond acceptors (Lipinski definition) is 3. The van der Waals surface area contributed by atoms with Crippen molar-refractivity contribution >= 4 is 0 Å². The van der Waals surface area contributed by atoms with Crippen molar-refractivity contribution in [2.24, 2.45) is 17.6 Å². The highest BCUT2D eigenvalue weighted by Gasteiger charge is 2.47. The number of nitrogens with two attached hydrogens (primary N) is 1. The highest BCUT2D eigenvalue weighted by atomic mass is 16.5. The molecular formula is C13H28N2O. The lowest BCUT2D eigenvalue weighted by Crippen LogP contribution is -2.59. The van der Waals surface area contributed by atoms with Gasteiger partial charge in [-0.25, -0.2) is 0 Å². The normalized spacial score (nSPS) is 20.4. The zero-order chi connectivity index (χ0) is 12.2. The van der Waals surface area contributed by atoms with Crippen LogP contribution in [0.4, 0.5) is 0 Å². The third kappa shape index (κ3) is 2.96. The van der Waals surface area contributed by atoms with E-state index in [4.69, 9.17) is 10.5 Å². The SMILES string of the molecule is CCN(CC(C)C)C(CN)(COC)C1CC1. The highest BCUT2D eigenvalue weighted by Crippen LogP contribution is 2.43. The number of methoxy groups -OCH3 is 1. The van der Waals surface area contributed by atoms with E-state index in [1.807, 2.05) is 0 Å². The molecule has 2 N–H and O–H groups in total. The molecule has 0 heterocycles. The third-order valence-electron chi connectivity index (χ3n) is 3.68. The zero-order valence-electron chi connectivity index (χ0n) is 11.3. The molecule has 1 atom stereocenters. The van der Waals surface area contributed by atoms with Gasteiger partial charge in [-0.05, 0) is 31.2 Å². The van der Waals surface area contributed by atoms with Crippen molar-refractivity contribution in [2.75, 3.05) is 33.4 Å². The predicted octanol–water partition coefficient (Wildman–Crippen LogP) is 1.72. The Kier molecular flexibility index (Phi) is 5.22. The van der Waals surface area contributed by atoms with E-state index in [1.54, 1.807) is 7.11 Å². The Hall–Kier alpha value is -0.120. The molecule has 0 spiro atoms. The largest absolute Gasteiger partial charge is 0.383 e. The van der Waals surface area contributed by atoms with Gasteiger partial charge < -0.3 is 10.5 Å². The number of nitrogens with zero attached hydrogens (tertiary/aromatic N) is 1. The standard InChI is InChI=1S/C13H28N2O/c1-5-15(8-11(2)3)13(9-14,10-16-4)12-6-7-12/h11-12H,5-10,14H2,1-4H3. The van der Waals surface area contributed by atoms with Gasteiger partial charge in [0.2, 0.25) is 0 Å². The van der Waals surface area contributed by atoms with Gasteiger partial charge in [-0.2, -0.15) is 0 Å². The van der Waals surface area contributed by atoms with Gasteiger partial charge in [0, 0.05) is 20.2 Å². The lowest BCUT2D eigenvalue weighted by molar-refractivity contribution is -0.00410. The van der Waals surface area contributed by atoms with E-state index in [2.05, 4.69) is 25.7 Å². The first-order chi connectivity index (χ1) is 7.60. The molecule has 1 rings (SSSR count). The molecule has 96 valence electrons. The minimum atomic E-state index is 0.0910. The van der Waals surface area contributed by atoms with Crippen LogP contribution in [0.1, 0.15) is 33.6 Å². The molecule has 0 aliphatic heterocycles. The van der Waals surface area contributed by atoms with Gasteiger partial charge in [0.15, 0.2) is 0 Å². The van der Waals surface area contributed by atoms with Gasteiger partial charge in [-0.3, -0.25) is 4.90 Å². The van der Waals surface area contributed by atoms with Gasteiger partial charge in [0.25, 0.3) is 0 Å². The molecule has 0 amide bonds. The average molecular weight is 228 g/mol. The summed E-state index contributed by atoms with van der Waals surface area (Å²) in [4.78, 5) is 2.54. The first-order valence-corrected chi connectivity index (χ1v) is 6.54. The van der Waals surface area contributed by atoms with Crippen LogP contribution in [-0.4, -0.2) is 43.8 Å². The van der Waals surface area contributed by atoms with Crippen LogP contribution in [0.25, 0.3) is 0 Å². The Bertz CT molecular complexity index is 204. The van der Waals surface area contributed by atoms with Crippen molar-refractivity contribution < 1.29 is 4.74 Å². The molecule has 1 aliphatic carbocycles. The first kappa shape index (κ1) is 13.9. The lowest BCUT2D eigenvalue weighted by atomic mass is 9.90. The van der Waals surface area contributed by atoms with Crippen molar-refractivity contribution in [3.05, 3.63) is 0 Å². The maximum atomic E-state index is 6.07. The highest BCUT2D eigenvalue weighted by molar-refractivity contribution is 5.03. The van der Waals surface area contributed by atoms with E-state index in [9.17, 15) is 0 Å². The monoisotopic (exact) mass is 228 g/mol. The molecule has 0 aromatic heterocycles. The summed E-state index contributed by atoms with van der Waals surface area (Å²) in [5.74, 6) is 1.43. The molecule has 0 aromatic rings. The second kappa shape index (κ2) is 5.99. The summed E-state index contributed by atoms with van der Waals surface area (Å²) in [5.41, 5.74) is 6.16. The van der Waals surface area contributed by atoms with E-state index in [1.165, 1.54) is 12.8 Å². The van der Waals surface area contributed by atoms with Gasteiger partial charge >= 0.3 is 0 Å². The molecular weight excluding hydrogens is 200 g/mol. The van der Waals surface area contributed by atoms with Crippen LogP contribution >= 0.6 is 0 Å². The Balaban J connectivity index is 2.78. The van der Waals surface area contributed by atoms with E-state index in [0.717, 1.165) is 25.6 Å². The number of ether oxygens (including phenoxy) is 1. The molecule has 1 fully saturated rings. The van der Waals surface area contributed by atoms with Gasteiger partial charge in [-0.1, -0.05) is 20.8 Å². The average Bonchev–Trinajstić information content (AvgIpc) is 3.06. The van der Waals surface area contributed by atoms with E-state index in [0.29, 0.717) is 12.5 Å². The minimum absolute atomic E-state index is 0.0910. The summed E-state index contributed by atoms with van der Waals surface area (Å²) < 4.78 is 5.44. The smallest absolute Gasteiger partial charge is 0.0661 e. The molecule has 0 bridgehead atoms. The third-order valence-corrected chi connectivity index (χ3v) is 3.68. The van der Waals surface area contributed by atoms with Crippen LogP contribution < -0.4 is 5.73 Å². The maximum absolute atomic E-state index is 6.07. The molecule has 3 nitrogen and oxygen atoms in total. The van der Waals surface area contributed by atoms with Crippen LogP contribution in [0.15, 0.2) is 0 Å². The van der Waals surface area contributed by atoms with Crippen LogP contribution in [0, 0.1) is 11.8 Å². The van der Waals surface area contributed by atoms with Crippen LogP contribution in [0.2, 0.25) is 0 Å². The molecule has 3 heteroatoms. The zero-order valence-corrected chi connectivity index (χ0v) is 11.3. The topological polar surface area (TPSA) is 38.5 Å². The van der Waals surface area contributed by atoms with Crippen LogP contribution in [0.3, 0.4) is 0 Å². The Morgan fingerprint density at radius 3 is 2.38 bits per heavy atom. The maximum Gasteiger partial charge on any atom is 0.0661 e. The molecule has 1 saturated carbocycles. The first-order valence-electron chi connectivity index (χ1n) is 6.54. The Labute approximate surface area is 100 Å². The van der Waals surface area contributed by atoms with Gasteiger partial charge in [0.05, 0.1) is 12.1 Å². The van der Waals surface area contributed by atoms with Gasteiger partial charge in [0.1, 0.15) is 0 Å². The van der Waals surface area contributed by atoms with Crippen LogP contribution in [-0.2, 0) is 4.74 Å². The number of rotatable bonds is 8. The molecule has 1 aliphatic rings. The molecule has 0 saturated heterocycles. The molecule has 1 unspecified atom stereocenters. The quantitative estimate of drug-likeness (QED) is 0.687. The van der Waals surface area contributed by atoms with Crippen molar-refractivity contribution in [1.29, 1.82) is 0 Å². The summed E-state index contributed by atoms with van der Waals surface area (Å²) in [6.07, 6.45) is 2.63. The summed E-state index contributed by atoms with van der Waals surface area (Å²) in [7, 11) is 1.79. The minimum Gasteiger partial charge on any atom is -0.383 e. The van der Waals surface area contributed by atoms with E-state index < -0.39 is 0 Å². The summed E-state index contributed by atoms with van der Waals surface area (Å²) in [6, 6.07) is 0. The van der Waals surface area contributed by atoms with Crippen molar-refractivity contribution in [2.45, 2.75) is 39.2 Å². The molecule has 16 heavy (non-hydrogen) atoms. The van der Waals surface area contributed by atoms with Gasteiger partial charge in [-0.15, -0.1) is 0 Å². The molecule has 0 aromatic carbocycles. The number of likely N-dealkylation sites (N-methyl/N-ethyl adjacent to an activating group) is 1. The summed E-state index contributed by atoms with van der Waals surface area (Å²) >= 11 is 0. The van der Waals surface area contributed by atoms with Crippen molar-refractivity contribution in [3.8, 4) is 0 Å². The summed E-state index contributed by atoms with van der Waals surface area (Å²) in [6.45, 7) is 10.4. The fraction of sp³-hybridized carbons (Fsp3) is 1.00. The van der Waals surface area contributed by atoms with E-state index >= 15 is 0 Å².